The maximum atomic E-state index is 8.78. The highest BCUT2D eigenvalue weighted by atomic mass is 32.2. The SMILES string of the molecule is CCSCCNCCCC(C)CO. The van der Waals surface area contributed by atoms with Gasteiger partial charge in [0.2, 0.25) is 0 Å². The Labute approximate surface area is 86.5 Å². The Hall–Kier alpha value is 0.270. The van der Waals surface area contributed by atoms with Crippen molar-refractivity contribution in [3.05, 3.63) is 0 Å². The van der Waals surface area contributed by atoms with E-state index in [4.69, 9.17) is 5.11 Å². The molecule has 0 heterocycles. The number of rotatable bonds is 9. The zero-order chi connectivity index (χ0) is 9.94. The lowest BCUT2D eigenvalue weighted by Gasteiger charge is -2.07. The van der Waals surface area contributed by atoms with Crippen molar-refractivity contribution in [2.24, 2.45) is 5.92 Å². The molecular weight excluding hydrogens is 182 g/mol. The van der Waals surface area contributed by atoms with Gasteiger partial charge in [-0.2, -0.15) is 11.8 Å². The van der Waals surface area contributed by atoms with Crippen LogP contribution in [0.15, 0.2) is 0 Å². The molecule has 1 atom stereocenters. The van der Waals surface area contributed by atoms with Crippen LogP contribution in [0, 0.1) is 5.92 Å². The lowest BCUT2D eigenvalue weighted by atomic mass is 10.1. The summed E-state index contributed by atoms with van der Waals surface area (Å²) in [6.45, 7) is 6.81. The lowest BCUT2D eigenvalue weighted by molar-refractivity contribution is 0.228. The first kappa shape index (κ1) is 13.3. The molecule has 0 saturated heterocycles. The van der Waals surface area contributed by atoms with Crippen LogP contribution in [0.4, 0.5) is 0 Å². The quantitative estimate of drug-likeness (QED) is 0.562. The fourth-order valence-corrected chi connectivity index (χ4v) is 1.66. The van der Waals surface area contributed by atoms with Crippen molar-refractivity contribution >= 4 is 11.8 Å². The van der Waals surface area contributed by atoms with E-state index >= 15 is 0 Å². The Bertz CT molecular complexity index is 101. The second kappa shape index (κ2) is 10.4. The molecule has 0 amide bonds. The van der Waals surface area contributed by atoms with Gasteiger partial charge in [0.1, 0.15) is 0 Å². The normalized spacial score (nSPS) is 13.2. The Balaban J connectivity index is 2.91. The first-order valence-corrected chi connectivity index (χ1v) is 6.36. The topological polar surface area (TPSA) is 32.3 Å². The summed E-state index contributed by atoms with van der Waals surface area (Å²) in [6, 6.07) is 0. The molecule has 0 fully saturated rings. The lowest BCUT2D eigenvalue weighted by Crippen LogP contribution is -2.19. The van der Waals surface area contributed by atoms with E-state index in [0.29, 0.717) is 12.5 Å². The van der Waals surface area contributed by atoms with Crippen LogP contribution >= 0.6 is 11.8 Å². The summed E-state index contributed by atoms with van der Waals surface area (Å²) in [5, 5.41) is 12.2. The van der Waals surface area contributed by atoms with Crippen LogP contribution in [0.1, 0.15) is 26.7 Å². The van der Waals surface area contributed by atoms with E-state index in [1.165, 1.54) is 17.9 Å². The largest absolute Gasteiger partial charge is 0.396 e. The van der Waals surface area contributed by atoms with Crippen LogP contribution in [0.2, 0.25) is 0 Å². The zero-order valence-corrected chi connectivity index (χ0v) is 9.70. The van der Waals surface area contributed by atoms with Crippen molar-refractivity contribution in [1.82, 2.24) is 5.32 Å². The summed E-state index contributed by atoms with van der Waals surface area (Å²) in [6.07, 6.45) is 2.31. The van der Waals surface area contributed by atoms with Gasteiger partial charge in [-0.25, -0.2) is 0 Å². The minimum absolute atomic E-state index is 0.325. The predicted octanol–water partition coefficient (Wildman–Crippen LogP) is 1.74. The Morgan fingerprint density at radius 2 is 2.15 bits per heavy atom. The van der Waals surface area contributed by atoms with Crippen molar-refractivity contribution in [3.63, 3.8) is 0 Å². The third-order valence-corrected chi connectivity index (χ3v) is 2.89. The summed E-state index contributed by atoms with van der Waals surface area (Å²) in [5.41, 5.74) is 0. The fraction of sp³-hybridized carbons (Fsp3) is 1.00. The van der Waals surface area contributed by atoms with Crippen LogP contribution in [0.3, 0.4) is 0 Å². The van der Waals surface area contributed by atoms with E-state index in [9.17, 15) is 0 Å². The van der Waals surface area contributed by atoms with Gasteiger partial charge in [-0.05, 0) is 31.1 Å². The van der Waals surface area contributed by atoms with Gasteiger partial charge in [0.25, 0.3) is 0 Å². The third kappa shape index (κ3) is 10.2. The van der Waals surface area contributed by atoms with Gasteiger partial charge in [0.15, 0.2) is 0 Å². The second-order valence-corrected chi connectivity index (χ2v) is 4.77. The van der Waals surface area contributed by atoms with Gasteiger partial charge in [-0.15, -0.1) is 0 Å². The number of nitrogens with one attached hydrogen (secondary N) is 1. The summed E-state index contributed by atoms with van der Waals surface area (Å²) >= 11 is 1.97. The van der Waals surface area contributed by atoms with Crippen LogP contribution in [-0.2, 0) is 0 Å². The molecule has 0 aliphatic carbocycles. The Morgan fingerprint density at radius 1 is 1.38 bits per heavy atom. The third-order valence-electron chi connectivity index (χ3n) is 1.99. The van der Waals surface area contributed by atoms with Gasteiger partial charge < -0.3 is 10.4 Å². The molecule has 0 saturated carbocycles. The highest BCUT2D eigenvalue weighted by molar-refractivity contribution is 7.99. The van der Waals surface area contributed by atoms with E-state index in [1.807, 2.05) is 11.8 Å². The van der Waals surface area contributed by atoms with Gasteiger partial charge in [-0.3, -0.25) is 0 Å². The van der Waals surface area contributed by atoms with Crippen molar-refractivity contribution < 1.29 is 5.11 Å². The molecule has 0 radical (unpaired) electrons. The molecule has 0 rings (SSSR count). The maximum absolute atomic E-state index is 8.78. The fourth-order valence-electron chi connectivity index (χ4n) is 1.08. The maximum Gasteiger partial charge on any atom is 0.0456 e. The Kier molecular flexibility index (Phi) is 10.6. The van der Waals surface area contributed by atoms with E-state index in [-0.39, 0.29) is 0 Å². The number of thioether (sulfide) groups is 1. The number of aliphatic hydroxyl groups is 1. The monoisotopic (exact) mass is 205 g/mol. The van der Waals surface area contributed by atoms with Gasteiger partial charge in [0.05, 0.1) is 0 Å². The molecule has 0 aromatic rings. The highest BCUT2D eigenvalue weighted by Crippen LogP contribution is 2.02. The molecule has 0 aromatic heterocycles. The van der Waals surface area contributed by atoms with Crippen molar-refractivity contribution in [1.29, 1.82) is 0 Å². The van der Waals surface area contributed by atoms with E-state index in [2.05, 4.69) is 19.2 Å². The second-order valence-electron chi connectivity index (χ2n) is 3.38. The molecule has 0 spiro atoms. The summed E-state index contributed by atoms with van der Waals surface area (Å²) in [7, 11) is 0. The standard InChI is InChI=1S/C10H23NOS/c1-3-13-8-7-11-6-4-5-10(2)9-12/h10-12H,3-9H2,1-2H3. The minimum atomic E-state index is 0.325. The van der Waals surface area contributed by atoms with Crippen molar-refractivity contribution in [2.45, 2.75) is 26.7 Å². The minimum Gasteiger partial charge on any atom is -0.396 e. The van der Waals surface area contributed by atoms with E-state index < -0.39 is 0 Å². The zero-order valence-electron chi connectivity index (χ0n) is 8.88. The molecule has 2 nitrogen and oxygen atoms in total. The average molecular weight is 205 g/mol. The molecule has 0 bridgehead atoms. The molecule has 2 N–H and O–H groups in total. The molecule has 0 aliphatic rings. The molecule has 80 valence electrons. The first-order chi connectivity index (χ1) is 6.31. The van der Waals surface area contributed by atoms with Gasteiger partial charge >= 0.3 is 0 Å². The van der Waals surface area contributed by atoms with Crippen LogP contribution < -0.4 is 5.32 Å². The number of aliphatic hydroxyl groups excluding tert-OH is 1. The number of hydrogen-bond donors (Lipinski definition) is 2. The molecule has 3 heteroatoms. The average Bonchev–Trinajstić information content (AvgIpc) is 2.16. The predicted molar refractivity (Wildman–Crippen MR) is 61.4 cm³/mol. The van der Waals surface area contributed by atoms with Crippen LogP contribution in [0.5, 0.6) is 0 Å². The van der Waals surface area contributed by atoms with Crippen LogP contribution in [-0.4, -0.2) is 36.3 Å². The molecule has 0 aliphatic heterocycles. The van der Waals surface area contributed by atoms with Crippen molar-refractivity contribution in [2.75, 3.05) is 31.2 Å². The molecule has 13 heavy (non-hydrogen) atoms. The Morgan fingerprint density at radius 3 is 2.77 bits per heavy atom. The summed E-state index contributed by atoms with van der Waals surface area (Å²) < 4.78 is 0. The van der Waals surface area contributed by atoms with Gasteiger partial charge in [-0.1, -0.05) is 13.8 Å². The van der Waals surface area contributed by atoms with Gasteiger partial charge in [0, 0.05) is 18.9 Å². The smallest absolute Gasteiger partial charge is 0.0456 e. The highest BCUT2D eigenvalue weighted by Gasteiger charge is 1.98. The van der Waals surface area contributed by atoms with Crippen molar-refractivity contribution in [3.8, 4) is 0 Å². The van der Waals surface area contributed by atoms with E-state index in [0.717, 1.165) is 19.5 Å². The summed E-state index contributed by atoms with van der Waals surface area (Å²) in [5.74, 6) is 2.89. The summed E-state index contributed by atoms with van der Waals surface area (Å²) in [4.78, 5) is 0. The van der Waals surface area contributed by atoms with E-state index in [1.54, 1.807) is 0 Å². The molecule has 1 unspecified atom stereocenters. The molecule has 0 aromatic carbocycles. The molecular formula is C10H23NOS. The number of hydrogen-bond acceptors (Lipinski definition) is 3. The first-order valence-electron chi connectivity index (χ1n) is 5.20. The van der Waals surface area contributed by atoms with Crippen LogP contribution in [0.25, 0.3) is 0 Å².